The number of aliphatic hydroxyl groups excluding tert-OH is 2. The van der Waals surface area contributed by atoms with Crippen LogP contribution in [0.25, 0.3) is 0 Å². The predicted octanol–water partition coefficient (Wildman–Crippen LogP) is 4.01. The fourth-order valence-corrected chi connectivity index (χ4v) is 2.67. The van der Waals surface area contributed by atoms with E-state index in [1.165, 1.54) is 83.5 Å². The van der Waals surface area contributed by atoms with E-state index in [9.17, 15) is 0 Å². The summed E-state index contributed by atoms with van der Waals surface area (Å²) in [4.78, 5) is 0. The average Bonchev–Trinajstić information content (AvgIpc) is 2.54. The molecule has 0 aromatic heterocycles. The number of hydrogen-bond donors (Lipinski definition) is 2. The zero-order valence-corrected chi connectivity index (χ0v) is 15.4. The van der Waals surface area contributed by atoms with Crippen LogP contribution in [0.2, 0.25) is 0 Å². The van der Waals surface area contributed by atoms with Crippen molar-refractivity contribution in [1.82, 2.24) is 0 Å². The van der Waals surface area contributed by atoms with Crippen molar-refractivity contribution in [3.63, 3.8) is 0 Å². The molecule has 142 valence electrons. The van der Waals surface area contributed by atoms with Gasteiger partial charge in [-0.15, -0.1) is 0 Å². The summed E-state index contributed by atoms with van der Waals surface area (Å²) in [7, 11) is 0. The lowest BCUT2D eigenvalue weighted by Gasteiger charge is -2.08. The minimum absolute atomic E-state index is 0. The van der Waals surface area contributed by atoms with Gasteiger partial charge in [0.15, 0.2) is 0 Å². The molecule has 0 aromatic carbocycles. The number of aliphatic hydroxyl groups is 2. The Hall–Kier alpha value is -0.160. The summed E-state index contributed by atoms with van der Waals surface area (Å²) in [6.45, 7) is 3.03. The smallest absolute Gasteiger partial charge is 0.100 e. The van der Waals surface area contributed by atoms with Crippen molar-refractivity contribution < 1.29 is 20.4 Å². The highest BCUT2D eigenvalue weighted by atomic mass is 16.5. The van der Waals surface area contributed by atoms with Gasteiger partial charge in [0.2, 0.25) is 0 Å². The zero-order valence-electron chi connectivity index (χ0n) is 15.4. The minimum atomic E-state index is -0.716. The molecule has 0 amide bonds. The van der Waals surface area contributed by atoms with E-state index < -0.39 is 6.10 Å². The molecular formula is C19H42O4. The minimum Gasteiger partial charge on any atom is -0.412 e. The second-order valence-corrected chi connectivity index (χ2v) is 6.51. The van der Waals surface area contributed by atoms with Gasteiger partial charge in [-0.25, -0.2) is 0 Å². The number of hydrogen-bond acceptors (Lipinski definition) is 3. The summed E-state index contributed by atoms with van der Waals surface area (Å²) in [5.74, 6) is 0. The Morgan fingerprint density at radius 1 is 0.696 bits per heavy atom. The van der Waals surface area contributed by atoms with E-state index in [4.69, 9.17) is 14.9 Å². The van der Waals surface area contributed by atoms with Gasteiger partial charge in [0, 0.05) is 6.61 Å². The molecule has 0 spiro atoms. The van der Waals surface area contributed by atoms with Crippen molar-refractivity contribution in [2.24, 2.45) is 0 Å². The third kappa shape index (κ3) is 21.8. The van der Waals surface area contributed by atoms with Crippen LogP contribution >= 0.6 is 0 Å². The molecule has 0 fully saturated rings. The van der Waals surface area contributed by atoms with Gasteiger partial charge in [0.05, 0.1) is 13.2 Å². The van der Waals surface area contributed by atoms with Crippen molar-refractivity contribution in [2.75, 3.05) is 19.8 Å². The summed E-state index contributed by atoms with van der Waals surface area (Å²) in [5.41, 5.74) is 0. The summed E-state index contributed by atoms with van der Waals surface area (Å²) in [6.07, 6.45) is 18.3. The number of unbranched alkanes of at least 4 members (excludes halogenated alkanes) is 13. The molecule has 0 aliphatic carbocycles. The molecule has 0 aliphatic rings. The van der Waals surface area contributed by atoms with Crippen LogP contribution in [-0.4, -0.2) is 41.6 Å². The van der Waals surface area contributed by atoms with Crippen LogP contribution in [0, 0.1) is 0 Å². The fraction of sp³-hybridized carbons (Fsp3) is 1.00. The van der Waals surface area contributed by atoms with Crippen molar-refractivity contribution >= 4 is 0 Å². The first kappa shape index (κ1) is 25.1. The molecule has 0 radical (unpaired) electrons. The summed E-state index contributed by atoms with van der Waals surface area (Å²) in [5, 5.41) is 17.7. The molecule has 4 N–H and O–H groups in total. The maximum Gasteiger partial charge on any atom is 0.100 e. The topological polar surface area (TPSA) is 81.2 Å². The van der Waals surface area contributed by atoms with Crippen molar-refractivity contribution in [1.29, 1.82) is 0 Å². The van der Waals surface area contributed by atoms with Gasteiger partial charge in [0.25, 0.3) is 0 Å². The van der Waals surface area contributed by atoms with Gasteiger partial charge >= 0.3 is 0 Å². The molecule has 0 bridgehead atoms. The van der Waals surface area contributed by atoms with E-state index in [0.29, 0.717) is 6.61 Å². The van der Waals surface area contributed by atoms with Crippen molar-refractivity contribution in [2.45, 2.75) is 103 Å². The molecule has 0 saturated heterocycles. The highest BCUT2D eigenvalue weighted by Crippen LogP contribution is 2.12. The standard InChI is InChI=1S/C19H40O3.H2O/c1-2-3-4-5-6-7-8-9-10-11-12-13-14-15-16-22-18-19(21)17-20;/h19-21H,2-18H2,1H3;1H2. The number of ether oxygens (including phenoxy) is 1. The Morgan fingerprint density at radius 2 is 1.09 bits per heavy atom. The summed E-state index contributed by atoms with van der Waals surface area (Å²) in [6, 6.07) is 0. The second-order valence-electron chi connectivity index (χ2n) is 6.51. The SMILES string of the molecule is CCCCCCCCCCCCCCCCOCC(O)CO.O. The van der Waals surface area contributed by atoms with Crippen LogP contribution in [0.1, 0.15) is 96.8 Å². The van der Waals surface area contributed by atoms with Crippen LogP contribution < -0.4 is 0 Å². The Balaban J connectivity index is 0. The van der Waals surface area contributed by atoms with Crippen LogP contribution in [0.4, 0.5) is 0 Å². The third-order valence-electron chi connectivity index (χ3n) is 4.16. The highest BCUT2D eigenvalue weighted by Gasteiger charge is 2.00. The predicted molar refractivity (Wildman–Crippen MR) is 97.8 cm³/mol. The molecule has 23 heavy (non-hydrogen) atoms. The van der Waals surface area contributed by atoms with Crippen LogP contribution in [-0.2, 0) is 4.74 Å². The van der Waals surface area contributed by atoms with Crippen LogP contribution in [0.15, 0.2) is 0 Å². The van der Waals surface area contributed by atoms with E-state index >= 15 is 0 Å². The molecule has 1 unspecified atom stereocenters. The molecule has 0 aromatic rings. The molecule has 4 nitrogen and oxygen atoms in total. The quantitative estimate of drug-likeness (QED) is 0.372. The third-order valence-corrected chi connectivity index (χ3v) is 4.16. The van der Waals surface area contributed by atoms with Gasteiger partial charge in [-0.3, -0.25) is 0 Å². The molecule has 1 atom stereocenters. The average molecular weight is 335 g/mol. The van der Waals surface area contributed by atoms with Gasteiger partial charge in [-0.2, -0.15) is 0 Å². The van der Waals surface area contributed by atoms with Crippen molar-refractivity contribution in [3.8, 4) is 0 Å². The largest absolute Gasteiger partial charge is 0.412 e. The summed E-state index contributed by atoms with van der Waals surface area (Å²) < 4.78 is 5.28. The van der Waals surface area contributed by atoms with Crippen LogP contribution in [0.3, 0.4) is 0 Å². The lowest BCUT2D eigenvalue weighted by Crippen LogP contribution is -2.19. The Kier molecular flexibility index (Phi) is 23.8. The van der Waals surface area contributed by atoms with Crippen LogP contribution in [0.5, 0.6) is 0 Å². The lowest BCUT2D eigenvalue weighted by atomic mass is 10.0. The van der Waals surface area contributed by atoms with E-state index in [-0.39, 0.29) is 18.7 Å². The lowest BCUT2D eigenvalue weighted by molar-refractivity contribution is 0.00526. The normalized spacial score (nSPS) is 12.1. The van der Waals surface area contributed by atoms with E-state index in [0.717, 1.165) is 6.42 Å². The van der Waals surface area contributed by atoms with Gasteiger partial charge < -0.3 is 20.4 Å². The van der Waals surface area contributed by atoms with E-state index in [1.54, 1.807) is 0 Å². The zero-order chi connectivity index (χ0) is 16.3. The molecule has 0 aliphatic heterocycles. The van der Waals surface area contributed by atoms with E-state index in [1.807, 2.05) is 0 Å². The fourth-order valence-electron chi connectivity index (χ4n) is 2.67. The molecule has 0 heterocycles. The monoisotopic (exact) mass is 334 g/mol. The second kappa shape index (κ2) is 21.8. The molecule has 0 saturated carbocycles. The molecule has 0 rings (SSSR count). The van der Waals surface area contributed by atoms with Gasteiger partial charge in [-0.1, -0.05) is 90.4 Å². The Labute approximate surface area is 143 Å². The Bertz CT molecular complexity index is 200. The molecule has 4 heteroatoms. The maximum absolute atomic E-state index is 9.10. The van der Waals surface area contributed by atoms with Crippen molar-refractivity contribution in [3.05, 3.63) is 0 Å². The number of rotatable bonds is 18. The van der Waals surface area contributed by atoms with Gasteiger partial charge in [0.1, 0.15) is 6.10 Å². The first-order valence-corrected chi connectivity index (χ1v) is 9.68. The Morgan fingerprint density at radius 3 is 1.48 bits per heavy atom. The molecular weight excluding hydrogens is 292 g/mol. The van der Waals surface area contributed by atoms with E-state index in [2.05, 4.69) is 6.92 Å². The van der Waals surface area contributed by atoms with Gasteiger partial charge in [-0.05, 0) is 6.42 Å². The summed E-state index contributed by atoms with van der Waals surface area (Å²) >= 11 is 0. The maximum atomic E-state index is 9.10. The first-order chi connectivity index (χ1) is 10.8. The first-order valence-electron chi connectivity index (χ1n) is 9.68. The highest BCUT2D eigenvalue weighted by molar-refractivity contribution is 4.51.